The average molecular weight is 231 g/mol. The van der Waals surface area contributed by atoms with Gasteiger partial charge in [0.05, 0.1) is 0 Å². The van der Waals surface area contributed by atoms with Crippen molar-refractivity contribution in [2.45, 2.75) is 20.3 Å². The molecule has 1 aromatic carbocycles. The summed E-state index contributed by atoms with van der Waals surface area (Å²) in [4.78, 5) is 22.2. The molecular formula is C14H17NO2. The molecule has 0 unspecified atom stereocenters. The Hall–Kier alpha value is -1.90. The van der Waals surface area contributed by atoms with Crippen molar-refractivity contribution < 1.29 is 9.59 Å². The topological polar surface area (TPSA) is 60.2 Å². The van der Waals surface area contributed by atoms with E-state index in [9.17, 15) is 9.59 Å². The second-order valence-corrected chi connectivity index (χ2v) is 4.21. The van der Waals surface area contributed by atoms with Crippen LogP contribution in [0.4, 0.5) is 0 Å². The van der Waals surface area contributed by atoms with Gasteiger partial charge in [0.2, 0.25) is 5.91 Å². The number of hydrogen-bond donors (Lipinski definition) is 1. The van der Waals surface area contributed by atoms with Gasteiger partial charge in [-0.05, 0) is 5.56 Å². The van der Waals surface area contributed by atoms with Crippen LogP contribution in [0.15, 0.2) is 30.3 Å². The molecule has 0 fully saturated rings. The minimum Gasteiger partial charge on any atom is -0.369 e. The van der Waals surface area contributed by atoms with Gasteiger partial charge in [0.25, 0.3) is 0 Å². The highest BCUT2D eigenvalue weighted by Gasteiger charge is 2.09. The molecule has 0 aliphatic heterocycles. The van der Waals surface area contributed by atoms with Crippen LogP contribution in [0.5, 0.6) is 0 Å². The van der Waals surface area contributed by atoms with E-state index < -0.39 is 0 Å². The zero-order chi connectivity index (χ0) is 12.8. The third-order valence-electron chi connectivity index (χ3n) is 2.35. The Balaban J connectivity index is 2.71. The largest absolute Gasteiger partial charge is 0.369 e. The van der Waals surface area contributed by atoms with E-state index in [0.717, 1.165) is 5.56 Å². The van der Waals surface area contributed by atoms with Gasteiger partial charge in [0.15, 0.2) is 5.78 Å². The van der Waals surface area contributed by atoms with E-state index in [1.54, 1.807) is 18.2 Å². The second kappa shape index (κ2) is 5.99. The summed E-state index contributed by atoms with van der Waals surface area (Å²) in [5.74, 6) is -0.211. The maximum Gasteiger partial charge on any atom is 0.221 e. The summed E-state index contributed by atoms with van der Waals surface area (Å²) in [6.07, 6.45) is 3.75. The van der Waals surface area contributed by atoms with Gasteiger partial charge in [-0.1, -0.05) is 50.3 Å². The number of primary amides is 1. The predicted octanol–water partition coefficient (Wildman–Crippen LogP) is 2.41. The van der Waals surface area contributed by atoms with E-state index in [0.29, 0.717) is 5.56 Å². The minimum atomic E-state index is -0.354. The standard InChI is InChI=1S/C14H17NO2/c1-10(2)14(17)12-8-6-11(7-9-12)4-3-5-13(15)16/h3-4,6-10H,5H2,1-2H3,(H2,15,16). The molecule has 0 aliphatic rings. The average Bonchev–Trinajstić information content (AvgIpc) is 2.28. The van der Waals surface area contributed by atoms with Crippen LogP contribution in [-0.4, -0.2) is 11.7 Å². The van der Waals surface area contributed by atoms with E-state index in [2.05, 4.69) is 0 Å². The summed E-state index contributed by atoms with van der Waals surface area (Å²) in [6, 6.07) is 7.30. The van der Waals surface area contributed by atoms with E-state index in [1.807, 2.05) is 32.1 Å². The molecule has 0 spiro atoms. The lowest BCUT2D eigenvalue weighted by Gasteiger charge is -2.03. The maximum atomic E-state index is 11.7. The number of nitrogens with two attached hydrogens (primary N) is 1. The van der Waals surface area contributed by atoms with Crippen LogP contribution in [0.25, 0.3) is 6.08 Å². The van der Waals surface area contributed by atoms with Gasteiger partial charge >= 0.3 is 0 Å². The number of ketones is 1. The molecule has 3 nitrogen and oxygen atoms in total. The van der Waals surface area contributed by atoms with Gasteiger partial charge in [-0.15, -0.1) is 0 Å². The number of carbonyl (C=O) groups is 2. The SMILES string of the molecule is CC(C)C(=O)c1ccc(C=CCC(N)=O)cc1. The molecule has 0 saturated carbocycles. The van der Waals surface area contributed by atoms with Crippen LogP contribution in [0.1, 0.15) is 36.2 Å². The van der Waals surface area contributed by atoms with Crippen LogP contribution in [0, 0.1) is 5.92 Å². The molecule has 0 bridgehead atoms. The molecule has 1 rings (SSSR count). The van der Waals surface area contributed by atoms with Crippen LogP contribution in [0.2, 0.25) is 0 Å². The van der Waals surface area contributed by atoms with Crippen molar-refractivity contribution in [2.75, 3.05) is 0 Å². The van der Waals surface area contributed by atoms with Crippen molar-refractivity contribution in [3.63, 3.8) is 0 Å². The van der Waals surface area contributed by atoms with Crippen LogP contribution >= 0.6 is 0 Å². The quantitative estimate of drug-likeness (QED) is 0.791. The molecule has 1 amide bonds. The van der Waals surface area contributed by atoms with Crippen molar-refractivity contribution in [3.05, 3.63) is 41.5 Å². The molecule has 2 N–H and O–H groups in total. The van der Waals surface area contributed by atoms with Crippen LogP contribution in [-0.2, 0) is 4.79 Å². The van der Waals surface area contributed by atoms with Crippen molar-refractivity contribution in [1.82, 2.24) is 0 Å². The van der Waals surface area contributed by atoms with Gasteiger partial charge in [-0.3, -0.25) is 9.59 Å². The minimum absolute atomic E-state index is 0.00579. The van der Waals surface area contributed by atoms with E-state index in [1.165, 1.54) is 0 Å². The number of hydrogen-bond acceptors (Lipinski definition) is 2. The van der Waals surface area contributed by atoms with Gasteiger partial charge in [0, 0.05) is 17.9 Å². The lowest BCUT2D eigenvalue weighted by molar-refractivity contribution is -0.117. The number of amides is 1. The molecule has 1 aromatic rings. The summed E-state index contributed by atoms with van der Waals surface area (Å²) in [7, 11) is 0. The third kappa shape index (κ3) is 4.23. The Morgan fingerprint density at radius 1 is 1.24 bits per heavy atom. The van der Waals surface area contributed by atoms with Crippen LogP contribution < -0.4 is 5.73 Å². The molecular weight excluding hydrogens is 214 g/mol. The fourth-order valence-electron chi connectivity index (χ4n) is 1.40. The van der Waals surface area contributed by atoms with E-state index >= 15 is 0 Å². The lowest BCUT2D eigenvalue weighted by atomic mass is 10.00. The number of Topliss-reactive ketones (excluding diaryl/α,β-unsaturated/α-hetero) is 1. The molecule has 0 atom stereocenters. The summed E-state index contributed by atoms with van der Waals surface area (Å²) in [5, 5.41) is 0. The number of carbonyl (C=O) groups excluding carboxylic acids is 2. The molecule has 0 saturated heterocycles. The molecule has 90 valence electrons. The summed E-state index contributed by atoms with van der Waals surface area (Å²) in [6.45, 7) is 3.76. The highest BCUT2D eigenvalue weighted by atomic mass is 16.1. The predicted molar refractivity (Wildman–Crippen MR) is 68.5 cm³/mol. The highest BCUT2D eigenvalue weighted by molar-refractivity contribution is 5.97. The van der Waals surface area contributed by atoms with Crippen LogP contribution in [0.3, 0.4) is 0 Å². The normalized spacial score (nSPS) is 11.0. The van der Waals surface area contributed by atoms with Crippen molar-refractivity contribution in [2.24, 2.45) is 11.7 Å². The molecule has 0 aromatic heterocycles. The first-order valence-electron chi connectivity index (χ1n) is 5.60. The number of benzene rings is 1. The van der Waals surface area contributed by atoms with Gasteiger partial charge < -0.3 is 5.73 Å². The van der Waals surface area contributed by atoms with E-state index in [4.69, 9.17) is 5.73 Å². The smallest absolute Gasteiger partial charge is 0.221 e. The van der Waals surface area contributed by atoms with Gasteiger partial charge in [0.1, 0.15) is 0 Å². The zero-order valence-corrected chi connectivity index (χ0v) is 10.1. The molecule has 3 heteroatoms. The third-order valence-corrected chi connectivity index (χ3v) is 2.35. The molecule has 0 aliphatic carbocycles. The summed E-state index contributed by atoms with van der Waals surface area (Å²) in [5.41, 5.74) is 6.68. The lowest BCUT2D eigenvalue weighted by Crippen LogP contribution is -2.08. The zero-order valence-electron chi connectivity index (χ0n) is 10.1. The Morgan fingerprint density at radius 2 is 1.82 bits per heavy atom. The second-order valence-electron chi connectivity index (χ2n) is 4.21. The summed E-state index contributed by atoms with van der Waals surface area (Å²) < 4.78 is 0. The fraction of sp³-hybridized carbons (Fsp3) is 0.286. The van der Waals surface area contributed by atoms with Gasteiger partial charge in [-0.25, -0.2) is 0 Å². The molecule has 0 radical (unpaired) electrons. The van der Waals surface area contributed by atoms with Crippen molar-refractivity contribution >= 4 is 17.8 Å². The monoisotopic (exact) mass is 231 g/mol. The van der Waals surface area contributed by atoms with Crippen molar-refractivity contribution in [1.29, 1.82) is 0 Å². The molecule has 17 heavy (non-hydrogen) atoms. The maximum absolute atomic E-state index is 11.7. The summed E-state index contributed by atoms with van der Waals surface area (Å²) >= 11 is 0. The Kier molecular flexibility index (Phi) is 4.64. The Morgan fingerprint density at radius 3 is 2.29 bits per heavy atom. The first-order chi connectivity index (χ1) is 8.00. The first kappa shape index (κ1) is 13.2. The van der Waals surface area contributed by atoms with E-state index in [-0.39, 0.29) is 24.0 Å². The van der Waals surface area contributed by atoms with Crippen molar-refractivity contribution in [3.8, 4) is 0 Å². The first-order valence-corrected chi connectivity index (χ1v) is 5.60. The number of rotatable bonds is 5. The highest BCUT2D eigenvalue weighted by Crippen LogP contribution is 2.11. The molecule has 0 heterocycles. The fourth-order valence-corrected chi connectivity index (χ4v) is 1.40. The Bertz CT molecular complexity index is 430. The van der Waals surface area contributed by atoms with Gasteiger partial charge in [-0.2, -0.15) is 0 Å². The Labute approximate surface area is 101 Å².